The number of nitrogens with one attached hydrogen (secondary N) is 1. The fraction of sp³-hybridized carbons (Fsp3) is 0.524. The molecule has 5 heteroatoms. The summed E-state index contributed by atoms with van der Waals surface area (Å²) in [5, 5.41) is 7.27. The fourth-order valence-electron chi connectivity index (χ4n) is 3.88. The molecule has 2 aromatic rings. The van der Waals surface area contributed by atoms with Crippen LogP contribution in [-0.2, 0) is 6.54 Å². The summed E-state index contributed by atoms with van der Waals surface area (Å²) in [4.78, 5) is 14.6. The van der Waals surface area contributed by atoms with Crippen LogP contribution in [0, 0.1) is 19.8 Å². The van der Waals surface area contributed by atoms with Crippen LogP contribution in [0.15, 0.2) is 34.9 Å². The van der Waals surface area contributed by atoms with E-state index < -0.39 is 0 Å². The summed E-state index contributed by atoms with van der Waals surface area (Å²) >= 11 is 0. The summed E-state index contributed by atoms with van der Waals surface area (Å²) in [5.74, 6) is 1.27. The van der Waals surface area contributed by atoms with E-state index in [2.05, 4.69) is 22.6 Å². The van der Waals surface area contributed by atoms with Gasteiger partial charge in [-0.1, -0.05) is 54.8 Å². The molecule has 2 amide bonds. The molecule has 1 atom stereocenters. The highest BCUT2D eigenvalue weighted by molar-refractivity contribution is 5.74. The summed E-state index contributed by atoms with van der Waals surface area (Å²) in [6, 6.07) is 10.4. The van der Waals surface area contributed by atoms with Gasteiger partial charge in [-0.25, -0.2) is 4.79 Å². The summed E-state index contributed by atoms with van der Waals surface area (Å²) in [5.41, 5.74) is 3.02. The van der Waals surface area contributed by atoms with Gasteiger partial charge in [0.2, 0.25) is 0 Å². The topological polar surface area (TPSA) is 58.4 Å². The minimum Gasteiger partial charge on any atom is -0.361 e. The summed E-state index contributed by atoms with van der Waals surface area (Å²) in [6.45, 7) is 4.29. The second kappa shape index (κ2) is 8.39. The molecule has 3 rings (SSSR count). The normalized spacial score (nSPS) is 16.3. The minimum absolute atomic E-state index is 0.0515. The third-order valence-electron chi connectivity index (χ3n) is 5.48. The van der Waals surface area contributed by atoms with Crippen molar-refractivity contribution < 1.29 is 9.32 Å². The molecule has 1 aromatic heterocycles. The molecule has 1 heterocycles. The molecular formula is C21H29N3O2. The molecule has 26 heavy (non-hydrogen) atoms. The van der Waals surface area contributed by atoms with E-state index in [0.29, 0.717) is 12.5 Å². The van der Waals surface area contributed by atoms with Crippen LogP contribution in [0.5, 0.6) is 0 Å². The van der Waals surface area contributed by atoms with Crippen LogP contribution in [0.4, 0.5) is 4.79 Å². The number of hydrogen-bond acceptors (Lipinski definition) is 3. The molecule has 1 N–H and O–H groups in total. The maximum absolute atomic E-state index is 12.9. The van der Waals surface area contributed by atoms with Crippen LogP contribution >= 0.6 is 0 Å². The predicted molar refractivity (Wildman–Crippen MR) is 102 cm³/mol. The quantitative estimate of drug-likeness (QED) is 0.841. The Morgan fingerprint density at radius 1 is 1.23 bits per heavy atom. The molecule has 1 aliphatic carbocycles. The number of aryl methyl sites for hydroxylation is 2. The van der Waals surface area contributed by atoms with Crippen molar-refractivity contribution in [1.82, 2.24) is 15.4 Å². The first-order chi connectivity index (χ1) is 12.6. The molecule has 140 valence electrons. The van der Waals surface area contributed by atoms with Gasteiger partial charge in [0.1, 0.15) is 5.76 Å². The van der Waals surface area contributed by atoms with Crippen LogP contribution in [0.25, 0.3) is 0 Å². The highest BCUT2D eigenvalue weighted by atomic mass is 16.5. The lowest BCUT2D eigenvalue weighted by Gasteiger charge is -2.32. The Balaban J connectivity index is 1.72. The molecule has 0 bridgehead atoms. The zero-order valence-electron chi connectivity index (χ0n) is 16.0. The monoisotopic (exact) mass is 355 g/mol. The maximum Gasteiger partial charge on any atom is 0.317 e. The Kier molecular flexibility index (Phi) is 5.96. The van der Waals surface area contributed by atoms with Gasteiger partial charge in [-0.05, 0) is 38.2 Å². The number of urea groups is 1. The van der Waals surface area contributed by atoms with Crippen molar-refractivity contribution in [1.29, 1.82) is 0 Å². The molecule has 0 aliphatic heterocycles. The van der Waals surface area contributed by atoms with Crippen LogP contribution < -0.4 is 5.32 Å². The van der Waals surface area contributed by atoms with Gasteiger partial charge in [0.15, 0.2) is 0 Å². The Labute approximate surface area is 155 Å². The van der Waals surface area contributed by atoms with Crippen molar-refractivity contribution >= 4 is 6.03 Å². The zero-order valence-corrected chi connectivity index (χ0v) is 16.0. The molecule has 1 saturated carbocycles. The maximum atomic E-state index is 12.9. The first kappa shape index (κ1) is 18.5. The van der Waals surface area contributed by atoms with E-state index in [4.69, 9.17) is 4.52 Å². The highest BCUT2D eigenvalue weighted by Crippen LogP contribution is 2.34. The van der Waals surface area contributed by atoms with E-state index in [1.165, 1.54) is 37.7 Å². The van der Waals surface area contributed by atoms with E-state index in [1.54, 1.807) is 4.90 Å². The highest BCUT2D eigenvalue weighted by Gasteiger charge is 2.27. The molecule has 0 saturated heterocycles. The summed E-state index contributed by atoms with van der Waals surface area (Å²) < 4.78 is 5.21. The van der Waals surface area contributed by atoms with Gasteiger partial charge in [-0.15, -0.1) is 0 Å². The van der Waals surface area contributed by atoms with Crippen molar-refractivity contribution in [3.63, 3.8) is 0 Å². The number of rotatable bonds is 5. The second-order valence-electron chi connectivity index (χ2n) is 7.39. The Morgan fingerprint density at radius 2 is 1.92 bits per heavy atom. The fourth-order valence-corrected chi connectivity index (χ4v) is 3.88. The Hall–Kier alpha value is -2.30. The molecule has 1 aromatic carbocycles. The number of carbonyl (C=O) groups excluding carboxylic acids is 1. The van der Waals surface area contributed by atoms with E-state index in [-0.39, 0.29) is 12.1 Å². The second-order valence-corrected chi connectivity index (χ2v) is 7.39. The van der Waals surface area contributed by atoms with E-state index in [0.717, 1.165) is 17.0 Å². The molecule has 5 nitrogen and oxygen atoms in total. The van der Waals surface area contributed by atoms with Crippen molar-refractivity contribution in [3.05, 3.63) is 52.9 Å². The Bertz CT molecular complexity index is 701. The van der Waals surface area contributed by atoms with E-state index in [9.17, 15) is 4.79 Å². The van der Waals surface area contributed by atoms with E-state index in [1.807, 2.05) is 39.1 Å². The third kappa shape index (κ3) is 4.26. The number of amides is 2. The van der Waals surface area contributed by atoms with Gasteiger partial charge in [0.25, 0.3) is 0 Å². The average molecular weight is 355 g/mol. The van der Waals surface area contributed by atoms with Crippen LogP contribution in [0.2, 0.25) is 0 Å². The molecule has 1 unspecified atom stereocenters. The van der Waals surface area contributed by atoms with Gasteiger partial charge in [0, 0.05) is 12.6 Å². The molecule has 0 radical (unpaired) electrons. The van der Waals surface area contributed by atoms with Crippen LogP contribution in [-0.4, -0.2) is 23.1 Å². The Morgan fingerprint density at radius 3 is 2.54 bits per heavy atom. The lowest BCUT2D eigenvalue weighted by Crippen LogP contribution is -2.41. The zero-order chi connectivity index (χ0) is 18.5. The average Bonchev–Trinajstić information content (AvgIpc) is 2.99. The number of aromatic nitrogens is 1. The van der Waals surface area contributed by atoms with Crippen molar-refractivity contribution in [2.75, 3.05) is 7.05 Å². The van der Waals surface area contributed by atoms with Gasteiger partial charge in [0.05, 0.1) is 18.3 Å². The molecule has 0 spiro atoms. The third-order valence-corrected chi connectivity index (χ3v) is 5.48. The molecular weight excluding hydrogens is 326 g/mol. The lowest BCUT2D eigenvalue weighted by atomic mass is 9.81. The largest absolute Gasteiger partial charge is 0.361 e. The predicted octanol–water partition coefficient (Wildman–Crippen LogP) is 4.75. The first-order valence-electron chi connectivity index (χ1n) is 9.54. The van der Waals surface area contributed by atoms with Gasteiger partial charge in [-0.3, -0.25) is 0 Å². The smallest absolute Gasteiger partial charge is 0.317 e. The standard InChI is InChI=1S/C21H29N3O2/c1-15-19(16(2)26-23-15)14-24(3)21(25)22-20(17-10-6-4-7-11-17)18-12-8-5-9-13-18/h4,6-7,10-11,18,20H,5,8-9,12-14H2,1-3H3,(H,22,25). The molecule has 1 aliphatic rings. The van der Waals surface area contributed by atoms with Gasteiger partial charge in [-0.2, -0.15) is 0 Å². The van der Waals surface area contributed by atoms with Gasteiger partial charge < -0.3 is 14.7 Å². The number of nitrogens with zero attached hydrogens (tertiary/aromatic N) is 2. The molecule has 1 fully saturated rings. The SMILES string of the molecule is Cc1noc(C)c1CN(C)C(=O)NC(c1ccccc1)C1CCCCC1. The van der Waals surface area contributed by atoms with Gasteiger partial charge >= 0.3 is 6.03 Å². The van der Waals surface area contributed by atoms with Crippen LogP contribution in [0.1, 0.15) is 60.7 Å². The van der Waals surface area contributed by atoms with E-state index >= 15 is 0 Å². The van der Waals surface area contributed by atoms with Crippen LogP contribution in [0.3, 0.4) is 0 Å². The summed E-state index contributed by atoms with van der Waals surface area (Å²) in [7, 11) is 1.82. The number of carbonyl (C=O) groups is 1. The van der Waals surface area contributed by atoms with Crippen molar-refractivity contribution in [2.24, 2.45) is 5.92 Å². The number of hydrogen-bond donors (Lipinski definition) is 1. The minimum atomic E-state index is -0.0515. The first-order valence-corrected chi connectivity index (χ1v) is 9.54. The number of benzene rings is 1. The van der Waals surface area contributed by atoms with Crippen molar-refractivity contribution in [2.45, 2.75) is 58.5 Å². The van der Waals surface area contributed by atoms with Crippen molar-refractivity contribution in [3.8, 4) is 0 Å². The summed E-state index contributed by atoms with van der Waals surface area (Å²) in [6.07, 6.45) is 6.15. The lowest BCUT2D eigenvalue weighted by molar-refractivity contribution is 0.190.